The summed E-state index contributed by atoms with van der Waals surface area (Å²) < 4.78 is 0. The van der Waals surface area contributed by atoms with E-state index < -0.39 is 5.97 Å². The normalized spacial score (nSPS) is 17.8. The van der Waals surface area contributed by atoms with E-state index in [1.165, 1.54) is 0 Å². The summed E-state index contributed by atoms with van der Waals surface area (Å²) in [5.41, 5.74) is 0. The average molecular weight is 298 g/mol. The number of carboxylic acids is 1. The van der Waals surface area contributed by atoms with Gasteiger partial charge in [0.2, 0.25) is 0 Å². The summed E-state index contributed by atoms with van der Waals surface area (Å²) in [6.07, 6.45) is 3.91. The number of hydrogen-bond acceptors (Lipinski definition) is 2. The Balaban J connectivity index is 2.26. The van der Waals surface area contributed by atoms with E-state index in [1.54, 1.807) is 0 Å². The van der Waals surface area contributed by atoms with Crippen molar-refractivity contribution in [1.82, 2.24) is 10.2 Å². The fraction of sp³-hybridized carbons (Fsp3) is 0.875. The van der Waals surface area contributed by atoms with Crippen molar-refractivity contribution in [2.24, 2.45) is 17.8 Å². The van der Waals surface area contributed by atoms with Gasteiger partial charge in [0.15, 0.2) is 0 Å². The number of nitrogens with zero attached hydrogens (tertiary/aromatic N) is 1. The summed E-state index contributed by atoms with van der Waals surface area (Å²) in [4.78, 5) is 24.6. The molecule has 0 radical (unpaired) electrons. The van der Waals surface area contributed by atoms with Gasteiger partial charge in [0.1, 0.15) is 0 Å². The van der Waals surface area contributed by atoms with E-state index in [-0.39, 0.29) is 12.5 Å². The molecule has 1 saturated heterocycles. The van der Waals surface area contributed by atoms with Crippen LogP contribution in [-0.4, -0.2) is 41.6 Å². The average Bonchev–Trinajstić information content (AvgIpc) is 2.42. The molecule has 1 heterocycles. The van der Waals surface area contributed by atoms with Gasteiger partial charge in [-0.1, -0.05) is 20.8 Å². The molecule has 0 aliphatic carbocycles. The van der Waals surface area contributed by atoms with E-state index in [9.17, 15) is 9.59 Å². The molecule has 5 nitrogen and oxygen atoms in total. The molecule has 0 bridgehead atoms. The van der Waals surface area contributed by atoms with Crippen molar-refractivity contribution in [2.45, 2.75) is 52.9 Å². The van der Waals surface area contributed by atoms with Crippen LogP contribution in [-0.2, 0) is 4.79 Å². The topological polar surface area (TPSA) is 69.6 Å². The highest BCUT2D eigenvalue weighted by Crippen LogP contribution is 2.21. The highest BCUT2D eigenvalue weighted by Gasteiger charge is 2.20. The van der Waals surface area contributed by atoms with Gasteiger partial charge in [-0.3, -0.25) is 4.79 Å². The van der Waals surface area contributed by atoms with Gasteiger partial charge < -0.3 is 15.3 Å². The molecule has 2 N–H and O–H groups in total. The molecule has 0 aromatic heterocycles. The number of likely N-dealkylation sites (tertiary alicyclic amines) is 1. The van der Waals surface area contributed by atoms with Gasteiger partial charge in [0.05, 0.1) is 0 Å². The molecule has 1 unspecified atom stereocenters. The minimum absolute atomic E-state index is 0.0302. The van der Waals surface area contributed by atoms with Crippen molar-refractivity contribution in [2.75, 3.05) is 19.6 Å². The highest BCUT2D eigenvalue weighted by atomic mass is 16.4. The van der Waals surface area contributed by atoms with E-state index in [4.69, 9.17) is 5.11 Å². The molecule has 1 aliphatic rings. The van der Waals surface area contributed by atoms with E-state index in [0.717, 1.165) is 38.3 Å². The van der Waals surface area contributed by atoms with E-state index in [1.807, 2.05) is 4.90 Å². The molecule has 2 amide bonds. The van der Waals surface area contributed by atoms with Crippen LogP contribution < -0.4 is 5.32 Å². The van der Waals surface area contributed by atoms with Crippen LogP contribution in [0.15, 0.2) is 0 Å². The lowest BCUT2D eigenvalue weighted by Crippen LogP contribution is -2.44. The third-order valence-electron chi connectivity index (χ3n) is 4.53. The molecular weight excluding hydrogens is 268 g/mol. The Kier molecular flexibility index (Phi) is 7.54. The number of urea groups is 1. The first-order valence-electron chi connectivity index (χ1n) is 8.14. The van der Waals surface area contributed by atoms with Gasteiger partial charge in [0.25, 0.3) is 0 Å². The molecule has 1 atom stereocenters. The van der Waals surface area contributed by atoms with Crippen molar-refractivity contribution in [3.63, 3.8) is 0 Å². The second kappa shape index (κ2) is 8.90. The summed E-state index contributed by atoms with van der Waals surface area (Å²) in [6.45, 7) is 8.78. The predicted octanol–water partition coefficient (Wildman–Crippen LogP) is 2.96. The van der Waals surface area contributed by atoms with Crippen LogP contribution in [0.3, 0.4) is 0 Å². The second-order valence-electron chi connectivity index (χ2n) is 6.63. The lowest BCUT2D eigenvalue weighted by molar-refractivity contribution is -0.137. The molecule has 1 fully saturated rings. The van der Waals surface area contributed by atoms with Crippen LogP contribution in [0, 0.1) is 17.8 Å². The monoisotopic (exact) mass is 298 g/mol. The quantitative estimate of drug-likeness (QED) is 0.759. The number of amides is 2. The van der Waals surface area contributed by atoms with Crippen molar-refractivity contribution in [3.8, 4) is 0 Å². The minimum Gasteiger partial charge on any atom is -0.481 e. The number of aliphatic carboxylic acids is 1. The number of piperidine rings is 1. The van der Waals surface area contributed by atoms with Crippen LogP contribution in [0.1, 0.15) is 52.9 Å². The van der Waals surface area contributed by atoms with Crippen molar-refractivity contribution in [1.29, 1.82) is 0 Å². The molecular formula is C16H30N2O3. The summed E-state index contributed by atoms with van der Waals surface area (Å²) in [5, 5.41) is 11.8. The molecule has 122 valence electrons. The second-order valence-corrected chi connectivity index (χ2v) is 6.63. The maximum absolute atomic E-state index is 12.0. The van der Waals surface area contributed by atoms with Gasteiger partial charge in [-0.15, -0.1) is 0 Å². The Bertz CT molecular complexity index is 336. The fourth-order valence-corrected chi connectivity index (χ4v) is 2.81. The Hall–Kier alpha value is -1.26. The summed E-state index contributed by atoms with van der Waals surface area (Å²) in [6, 6.07) is 0.0302. The Morgan fingerprint density at radius 3 is 2.38 bits per heavy atom. The fourth-order valence-electron chi connectivity index (χ4n) is 2.81. The number of rotatable bonds is 7. The number of carbonyl (C=O) groups is 2. The molecule has 1 rings (SSSR count). The third kappa shape index (κ3) is 6.82. The molecule has 21 heavy (non-hydrogen) atoms. The molecule has 0 spiro atoms. The SMILES string of the molecule is CC1CCN(C(=O)NCCC(CCC(=O)O)C(C)C)CC1. The predicted molar refractivity (Wildman–Crippen MR) is 83.2 cm³/mol. The zero-order valence-corrected chi connectivity index (χ0v) is 13.6. The van der Waals surface area contributed by atoms with Gasteiger partial charge >= 0.3 is 12.0 Å². The summed E-state index contributed by atoms with van der Waals surface area (Å²) in [5.74, 6) is 0.766. The summed E-state index contributed by atoms with van der Waals surface area (Å²) >= 11 is 0. The van der Waals surface area contributed by atoms with Gasteiger partial charge in [-0.05, 0) is 43.4 Å². The number of carbonyl (C=O) groups excluding carboxylic acids is 1. The van der Waals surface area contributed by atoms with Crippen LogP contribution >= 0.6 is 0 Å². The van der Waals surface area contributed by atoms with E-state index >= 15 is 0 Å². The Labute approximate surface area is 128 Å². The van der Waals surface area contributed by atoms with Crippen molar-refractivity contribution in [3.05, 3.63) is 0 Å². The maximum Gasteiger partial charge on any atom is 0.317 e. The lowest BCUT2D eigenvalue weighted by Gasteiger charge is -2.30. The first kappa shape index (κ1) is 17.8. The largest absolute Gasteiger partial charge is 0.481 e. The standard InChI is InChI=1S/C16H30N2O3/c1-12(2)14(4-5-15(19)20)6-9-17-16(21)18-10-7-13(3)8-11-18/h12-14H,4-11H2,1-3H3,(H,17,21)(H,19,20). The van der Waals surface area contributed by atoms with Crippen LogP contribution in [0.4, 0.5) is 4.79 Å². The number of hydrogen-bond donors (Lipinski definition) is 2. The lowest BCUT2D eigenvalue weighted by atomic mass is 9.88. The molecule has 5 heteroatoms. The Morgan fingerprint density at radius 2 is 1.86 bits per heavy atom. The van der Waals surface area contributed by atoms with Gasteiger partial charge in [-0.25, -0.2) is 4.79 Å². The Morgan fingerprint density at radius 1 is 1.24 bits per heavy atom. The molecule has 0 saturated carbocycles. The first-order valence-corrected chi connectivity index (χ1v) is 8.14. The summed E-state index contributed by atoms with van der Waals surface area (Å²) in [7, 11) is 0. The third-order valence-corrected chi connectivity index (χ3v) is 4.53. The van der Waals surface area contributed by atoms with Crippen molar-refractivity contribution >= 4 is 12.0 Å². The van der Waals surface area contributed by atoms with Gasteiger partial charge in [-0.2, -0.15) is 0 Å². The van der Waals surface area contributed by atoms with E-state index in [0.29, 0.717) is 24.8 Å². The molecule has 0 aromatic carbocycles. The van der Waals surface area contributed by atoms with Crippen LogP contribution in [0.2, 0.25) is 0 Å². The first-order chi connectivity index (χ1) is 9.90. The maximum atomic E-state index is 12.0. The smallest absolute Gasteiger partial charge is 0.317 e. The molecule has 1 aliphatic heterocycles. The van der Waals surface area contributed by atoms with Crippen LogP contribution in [0.25, 0.3) is 0 Å². The number of nitrogens with one attached hydrogen (secondary N) is 1. The van der Waals surface area contributed by atoms with Gasteiger partial charge in [0, 0.05) is 26.1 Å². The highest BCUT2D eigenvalue weighted by molar-refractivity contribution is 5.74. The zero-order valence-electron chi connectivity index (χ0n) is 13.6. The number of carboxylic acid groups (broad SMARTS) is 1. The minimum atomic E-state index is -0.743. The van der Waals surface area contributed by atoms with E-state index in [2.05, 4.69) is 26.1 Å². The molecule has 0 aromatic rings. The van der Waals surface area contributed by atoms with Crippen LogP contribution in [0.5, 0.6) is 0 Å². The zero-order chi connectivity index (χ0) is 15.8. The van der Waals surface area contributed by atoms with Crippen molar-refractivity contribution < 1.29 is 14.7 Å².